The molecule has 0 aromatic heterocycles. The van der Waals surface area contributed by atoms with Crippen molar-refractivity contribution >= 4 is 23.5 Å². The number of methoxy groups -OCH3 is 3. The van der Waals surface area contributed by atoms with Crippen molar-refractivity contribution in [2.75, 3.05) is 21.3 Å². The summed E-state index contributed by atoms with van der Waals surface area (Å²) in [6, 6.07) is 11.1. The fourth-order valence-electron chi connectivity index (χ4n) is 2.42. The van der Waals surface area contributed by atoms with E-state index in [0.717, 1.165) is 22.4 Å². The Labute approximate surface area is 153 Å². The van der Waals surface area contributed by atoms with Crippen LogP contribution in [0.5, 0.6) is 5.75 Å². The number of rotatable bonds is 8. The predicted molar refractivity (Wildman–Crippen MR) is 99.2 cm³/mol. The number of allylic oxidation sites excluding steroid dienone is 1. The van der Waals surface area contributed by atoms with Crippen LogP contribution in [0.25, 0.3) is 6.08 Å². The Morgan fingerprint density at radius 1 is 1.04 bits per heavy atom. The van der Waals surface area contributed by atoms with E-state index in [2.05, 4.69) is 0 Å². The van der Waals surface area contributed by atoms with E-state index in [1.165, 1.54) is 6.08 Å². The molecule has 132 valence electrons. The topological polar surface area (TPSA) is 44.8 Å². The number of carbonyl (C=O) groups excluding carboxylic acids is 1. The Morgan fingerprint density at radius 2 is 1.72 bits per heavy atom. The van der Waals surface area contributed by atoms with Gasteiger partial charge in [0, 0.05) is 19.8 Å². The lowest BCUT2D eigenvalue weighted by molar-refractivity contribution is 0.104. The summed E-state index contributed by atoms with van der Waals surface area (Å²) in [4.78, 5) is 12.6. The Balaban J connectivity index is 2.28. The molecule has 0 N–H and O–H groups in total. The quantitative estimate of drug-likeness (QED) is 0.512. The van der Waals surface area contributed by atoms with E-state index in [4.69, 9.17) is 25.8 Å². The Hall–Kier alpha value is -2.14. The summed E-state index contributed by atoms with van der Waals surface area (Å²) in [6.45, 7) is 0.731. The van der Waals surface area contributed by atoms with E-state index in [1.54, 1.807) is 33.5 Å². The van der Waals surface area contributed by atoms with Gasteiger partial charge >= 0.3 is 0 Å². The maximum absolute atomic E-state index is 12.6. The van der Waals surface area contributed by atoms with Gasteiger partial charge in [0.2, 0.25) is 0 Å². The molecule has 5 heteroatoms. The van der Waals surface area contributed by atoms with E-state index in [0.29, 0.717) is 23.8 Å². The third kappa shape index (κ3) is 5.16. The van der Waals surface area contributed by atoms with Gasteiger partial charge in [-0.1, -0.05) is 29.8 Å². The smallest absolute Gasteiger partial charge is 0.187 e. The second-order valence-corrected chi connectivity index (χ2v) is 5.83. The molecule has 0 radical (unpaired) electrons. The summed E-state index contributed by atoms with van der Waals surface area (Å²) in [5, 5.41) is 0.408. The molecular formula is C20H21ClO4. The van der Waals surface area contributed by atoms with Crippen molar-refractivity contribution in [2.24, 2.45) is 0 Å². The summed E-state index contributed by atoms with van der Waals surface area (Å²) >= 11 is 6.38. The van der Waals surface area contributed by atoms with Crippen LogP contribution in [0.2, 0.25) is 5.02 Å². The van der Waals surface area contributed by atoms with Crippen LogP contribution in [-0.4, -0.2) is 27.1 Å². The molecule has 0 aliphatic heterocycles. The average Bonchev–Trinajstić information content (AvgIpc) is 2.63. The fraction of sp³-hybridized carbons (Fsp3) is 0.250. The van der Waals surface area contributed by atoms with Crippen LogP contribution < -0.4 is 4.74 Å². The van der Waals surface area contributed by atoms with Crippen molar-refractivity contribution < 1.29 is 19.0 Å². The van der Waals surface area contributed by atoms with Crippen molar-refractivity contribution in [3.05, 3.63) is 69.8 Å². The first-order valence-electron chi connectivity index (χ1n) is 7.74. The molecular weight excluding hydrogens is 340 g/mol. The van der Waals surface area contributed by atoms with Gasteiger partial charge in [-0.2, -0.15) is 0 Å². The van der Waals surface area contributed by atoms with Crippen molar-refractivity contribution in [3.63, 3.8) is 0 Å². The minimum absolute atomic E-state index is 0.170. The molecule has 2 rings (SSSR count). The molecule has 0 heterocycles. The number of carbonyl (C=O) groups is 1. The number of hydrogen-bond acceptors (Lipinski definition) is 4. The maximum atomic E-state index is 12.6. The highest BCUT2D eigenvalue weighted by Crippen LogP contribution is 2.26. The highest BCUT2D eigenvalue weighted by molar-refractivity contribution is 6.35. The summed E-state index contributed by atoms with van der Waals surface area (Å²) in [6.07, 6.45) is 3.26. The zero-order valence-electron chi connectivity index (χ0n) is 14.5. The number of halogens is 1. The molecule has 25 heavy (non-hydrogen) atoms. The molecule has 0 spiro atoms. The number of benzene rings is 2. The van der Waals surface area contributed by atoms with Crippen molar-refractivity contribution in [1.29, 1.82) is 0 Å². The largest absolute Gasteiger partial charge is 0.497 e. The zero-order chi connectivity index (χ0) is 18.2. The highest BCUT2D eigenvalue weighted by Gasteiger charge is 2.14. The molecule has 2 aromatic carbocycles. The van der Waals surface area contributed by atoms with E-state index < -0.39 is 0 Å². The van der Waals surface area contributed by atoms with E-state index in [-0.39, 0.29) is 5.78 Å². The van der Waals surface area contributed by atoms with E-state index >= 15 is 0 Å². The van der Waals surface area contributed by atoms with Crippen LogP contribution in [-0.2, 0) is 22.7 Å². The molecule has 4 nitrogen and oxygen atoms in total. The number of ketones is 1. The van der Waals surface area contributed by atoms with Gasteiger partial charge in [0.25, 0.3) is 0 Å². The summed E-state index contributed by atoms with van der Waals surface area (Å²) in [7, 11) is 4.81. The monoisotopic (exact) mass is 360 g/mol. The van der Waals surface area contributed by atoms with Gasteiger partial charge in [0.05, 0.1) is 25.3 Å². The molecule has 0 amide bonds. The van der Waals surface area contributed by atoms with Gasteiger partial charge in [0.15, 0.2) is 5.78 Å². The fourth-order valence-corrected chi connectivity index (χ4v) is 2.67. The predicted octanol–water partition coefficient (Wildman–Crippen LogP) is 4.54. The van der Waals surface area contributed by atoms with E-state index in [1.807, 2.05) is 30.3 Å². The SMILES string of the molecule is COCc1cc(COC)c(Cl)c(C(=O)/C=C/c2ccc(OC)cc2)c1. The van der Waals surface area contributed by atoms with Crippen LogP contribution in [0.3, 0.4) is 0 Å². The Bertz CT molecular complexity index is 751. The lowest BCUT2D eigenvalue weighted by Gasteiger charge is -2.11. The normalized spacial score (nSPS) is 11.0. The number of ether oxygens (including phenoxy) is 3. The minimum Gasteiger partial charge on any atom is -0.497 e. The molecule has 2 aromatic rings. The molecule has 0 fully saturated rings. The van der Waals surface area contributed by atoms with Gasteiger partial charge in [-0.3, -0.25) is 4.79 Å². The first kappa shape index (κ1) is 19.2. The lowest BCUT2D eigenvalue weighted by atomic mass is 10.0. The van der Waals surface area contributed by atoms with Gasteiger partial charge < -0.3 is 14.2 Å². The molecule has 0 aliphatic rings. The minimum atomic E-state index is -0.170. The first-order valence-corrected chi connectivity index (χ1v) is 8.12. The van der Waals surface area contributed by atoms with Gasteiger partial charge in [-0.15, -0.1) is 0 Å². The van der Waals surface area contributed by atoms with Gasteiger partial charge in [-0.05, 0) is 47.0 Å². The summed E-state index contributed by atoms with van der Waals surface area (Å²) in [5.41, 5.74) is 2.98. The summed E-state index contributed by atoms with van der Waals surface area (Å²) in [5.74, 6) is 0.596. The Morgan fingerprint density at radius 3 is 2.32 bits per heavy atom. The molecule has 0 saturated heterocycles. The molecule has 0 atom stereocenters. The van der Waals surface area contributed by atoms with Crippen LogP contribution in [0.4, 0.5) is 0 Å². The lowest BCUT2D eigenvalue weighted by Crippen LogP contribution is -2.03. The van der Waals surface area contributed by atoms with Gasteiger partial charge in [-0.25, -0.2) is 0 Å². The molecule has 0 bridgehead atoms. The second kappa shape index (κ2) is 9.37. The maximum Gasteiger partial charge on any atom is 0.187 e. The molecule has 0 saturated carbocycles. The van der Waals surface area contributed by atoms with Crippen LogP contribution in [0, 0.1) is 0 Å². The van der Waals surface area contributed by atoms with E-state index in [9.17, 15) is 4.79 Å². The third-order valence-electron chi connectivity index (χ3n) is 3.63. The second-order valence-electron chi connectivity index (χ2n) is 5.45. The zero-order valence-corrected chi connectivity index (χ0v) is 15.3. The van der Waals surface area contributed by atoms with Crippen LogP contribution >= 0.6 is 11.6 Å². The van der Waals surface area contributed by atoms with Crippen molar-refractivity contribution in [3.8, 4) is 5.75 Å². The van der Waals surface area contributed by atoms with Crippen molar-refractivity contribution in [1.82, 2.24) is 0 Å². The molecule has 0 unspecified atom stereocenters. The average molecular weight is 361 g/mol. The Kier molecular flexibility index (Phi) is 7.19. The van der Waals surface area contributed by atoms with Crippen molar-refractivity contribution in [2.45, 2.75) is 13.2 Å². The standard InChI is InChI=1S/C20H21ClO4/c1-23-12-15-10-16(13-24-2)20(21)18(11-15)19(22)9-6-14-4-7-17(25-3)8-5-14/h4-11H,12-13H2,1-3H3/b9-6+. The number of hydrogen-bond donors (Lipinski definition) is 0. The third-order valence-corrected chi connectivity index (χ3v) is 4.07. The van der Waals surface area contributed by atoms with Crippen LogP contribution in [0.15, 0.2) is 42.5 Å². The highest BCUT2D eigenvalue weighted by atomic mass is 35.5. The molecule has 0 aliphatic carbocycles. The summed E-state index contributed by atoms with van der Waals surface area (Å²) < 4.78 is 15.4. The first-order chi connectivity index (χ1) is 12.1. The van der Waals surface area contributed by atoms with Gasteiger partial charge in [0.1, 0.15) is 5.75 Å². The van der Waals surface area contributed by atoms with Crippen LogP contribution in [0.1, 0.15) is 27.0 Å².